The van der Waals surface area contributed by atoms with Crippen LogP contribution < -0.4 is 10.6 Å². The molecule has 182 valence electrons. The molecule has 4 aromatic rings. The fourth-order valence-electron chi connectivity index (χ4n) is 7.48. The average molecular weight is 492 g/mol. The summed E-state index contributed by atoms with van der Waals surface area (Å²) in [6.07, 6.45) is 2.26. The third kappa shape index (κ3) is 3.31. The van der Waals surface area contributed by atoms with Crippen LogP contribution in [-0.2, 0) is 4.57 Å². The molecule has 4 unspecified atom stereocenters. The van der Waals surface area contributed by atoms with Crippen molar-refractivity contribution >= 4 is 17.8 Å². The molecule has 2 aliphatic rings. The third-order valence-electron chi connectivity index (χ3n) is 9.67. The Bertz CT molecular complexity index is 1370. The highest BCUT2D eigenvalue weighted by Gasteiger charge is 2.70. The van der Waals surface area contributed by atoms with Gasteiger partial charge in [-0.1, -0.05) is 118 Å². The predicted molar refractivity (Wildman–Crippen MR) is 151 cm³/mol. The Balaban J connectivity index is 1.59. The zero-order valence-corrected chi connectivity index (χ0v) is 22.2. The second kappa shape index (κ2) is 8.56. The average Bonchev–Trinajstić information content (AvgIpc) is 3.27. The van der Waals surface area contributed by atoms with Crippen molar-refractivity contribution in [2.24, 2.45) is 16.7 Å². The van der Waals surface area contributed by atoms with Crippen LogP contribution in [0.15, 0.2) is 109 Å². The third-order valence-corrected chi connectivity index (χ3v) is 13.3. The first kappa shape index (κ1) is 23.4. The van der Waals surface area contributed by atoms with Gasteiger partial charge in [-0.05, 0) is 41.7 Å². The topological polar surface area (TPSA) is 30.0 Å². The van der Waals surface area contributed by atoms with Gasteiger partial charge in [-0.15, -0.1) is 0 Å². The van der Waals surface area contributed by atoms with Crippen molar-refractivity contribution in [1.82, 2.24) is 4.98 Å². The number of hydrogen-bond donors (Lipinski definition) is 0. The second-order valence-electron chi connectivity index (χ2n) is 11.4. The van der Waals surface area contributed by atoms with Gasteiger partial charge in [0.1, 0.15) is 7.14 Å². The zero-order valence-electron chi connectivity index (χ0n) is 21.3. The molecule has 1 aromatic heterocycles. The summed E-state index contributed by atoms with van der Waals surface area (Å²) in [7, 11) is -2.99. The van der Waals surface area contributed by atoms with Gasteiger partial charge in [0.15, 0.2) is 0 Å². The van der Waals surface area contributed by atoms with E-state index >= 15 is 4.57 Å². The SMILES string of the molecule is CC1(C)C2CCC1(C)C(c1cccc(-c3ccccc3)n1)C2P(=O)(c1ccccc1)c1ccccc1. The molecule has 3 aromatic carbocycles. The van der Waals surface area contributed by atoms with Crippen molar-refractivity contribution in [3.8, 4) is 11.3 Å². The van der Waals surface area contributed by atoms with Gasteiger partial charge in [-0.25, -0.2) is 0 Å². The van der Waals surface area contributed by atoms with E-state index in [1.54, 1.807) is 0 Å². The maximum atomic E-state index is 15.7. The van der Waals surface area contributed by atoms with Gasteiger partial charge >= 0.3 is 0 Å². The first-order valence-electron chi connectivity index (χ1n) is 13.1. The molecule has 0 amide bonds. The van der Waals surface area contributed by atoms with Crippen LogP contribution in [-0.4, -0.2) is 10.6 Å². The van der Waals surface area contributed by atoms with E-state index in [-0.39, 0.29) is 22.4 Å². The van der Waals surface area contributed by atoms with E-state index in [1.807, 2.05) is 42.5 Å². The number of aromatic nitrogens is 1. The standard InChI is InChI=1S/C33H34NOP/c1-32(2)27-22-23-33(32,3)30(29-21-13-20-28(34-29)24-14-7-4-8-15-24)31(27)36(35,25-16-9-5-10-17-25)26-18-11-6-12-19-26/h4-21,27,30-31H,22-23H2,1-3H3. The minimum Gasteiger partial charge on any atom is -0.313 e. The van der Waals surface area contributed by atoms with Crippen molar-refractivity contribution in [2.45, 2.75) is 45.2 Å². The van der Waals surface area contributed by atoms with Crippen LogP contribution in [0.3, 0.4) is 0 Å². The number of fused-ring (bicyclic) bond motifs is 2. The second-order valence-corrected chi connectivity index (χ2v) is 14.3. The molecule has 0 radical (unpaired) electrons. The Morgan fingerprint density at radius 3 is 1.86 bits per heavy atom. The Morgan fingerprint density at radius 2 is 1.28 bits per heavy atom. The summed E-state index contributed by atoms with van der Waals surface area (Å²) < 4.78 is 15.7. The Morgan fingerprint density at radius 1 is 0.722 bits per heavy atom. The van der Waals surface area contributed by atoms with Crippen LogP contribution in [0.25, 0.3) is 11.3 Å². The smallest absolute Gasteiger partial charge is 0.147 e. The highest BCUT2D eigenvalue weighted by atomic mass is 31.2. The van der Waals surface area contributed by atoms with Gasteiger partial charge in [-0.3, -0.25) is 4.98 Å². The summed E-state index contributed by atoms with van der Waals surface area (Å²) in [4.78, 5) is 5.28. The molecule has 0 aliphatic heterocycles. The Labute approximate surface area is 215 Å². The largest absolute Gasteiger partial charge is 0.313 e. The van der Waals surface area contributed by atoms with Crippen molar-refractivity contribution in [1.29, 1.82) is 0 Å². The summed E-state index contributed by atoms with van der Waals surface area (Å²) >= 11 is 0. The lowest BCUT2D eigenvalue weighted by atomic mass is 9.66. The monoisotopic (exact) mass is 491 g/mol. The molecule has 0 saturated heterocycles. The molecule has 0 spiro atoms. The van der Waals surface area contributed by atoms with Gasteiger partial charge in [0.2, 0.25) is 0 Å². The van der Waals surface area contributed by atoms with Crippen LogP contribution in [0.5, 0.6) is 0 Å². The minimum atomic E-state index is -2.99. The lowest BCUT2D eigenvalue weighted by molar-refractivity contribution is 0.133. The summed E-state index contributed by atoms with van der Waals surface area (Å²) in [5, 5.41) is 1.94. The number of nitrogens with zero attached hydrogens (tertiary/aromatic N) is 1. The normalized spacial score (nSPS) is 26.7. The highest BCUT2D eigenvalue weighted by Crippen LogP contribution is 2.78. The van der Waals surface area contributed by atoms with E-state index in [0.29, 0.717) is 5.92 Å². The number of rotatable bonds is 5. The maximum absolute atomic E-state index is 15.7. The fraction of sp³-hybridized carbons (Fsp3) is 0.303. The Kier molecular flexibility index (Phi) is 5.58. The van der Waals surface area contributed by atoms with E-state index < -0.39 is 7.14 Å². The van der Waals surface area contributed by atoms with Crippen molar-refractivity contribution < 1.29 is 4.57 Å². The molecule has 2 bridgehead atoms. The maximum Gasteiger partial charge on any atom is 0.147 e. The van der Waals surface area contributed by atoms with E-state index in [9.17, 15) is 0 Å². The van der Waals surface area contributed by atoms with E-state index in [4.69, 9.17) is 4.98 Å². The molecule has 6 rings (SSSR count). The van der Waals surface area contributed by atoms with Crippen LogP contribution >= 0.6 is 7.14 Å². The minimum absolute atomic E-state index is 0.00886. The molecule has 0 N–H and O–H groups in total. The van der Waals surface area contributed by atoms with Crippen molar-refractivity contribution in [3.63, 3.8) is 0 Å². The van der Waals surface area contributed by atoms with Crippen molar-refractivity contribution in [2.75, 3.05) is 0 Å². The molecular weight excluding hydrogens is 457 g/mol. The fourth-order valence-corrected chi connectivity index (χ4v) is 11.6. The summed E-state index contributed by atoms with van der Waals surface area (Å²) in [5.41, 5.74) is 3.29. The van der Waals surface area contributed by atoms with Gasteiger partial charge in [0.05, 0.1) is 5.69 Å². The van der Waals surface area contributed by atoms with E-state index in [2.05, 4.69) is 87.5 Å². The van der Waals surface area contributed by atoms with Gasteiger partial charge in [0.25, 0.3) is 0 Å². The van der Waals surface area contributed by atoms with Crippen LogP contribution in [0.2, 0.25) is 0 Å². The van der Waals surface area contributed by atoms with Gasteiger partial charge < -0.3 is 4.57 Å². The van der Waals surface area contributed by atoms with Crippen LogP contribution in [0.4, 0.5) is 0 Å². The summed E-state index contributed by atoms with van der Waals surface area (Å²) in [5.74, 6) is 0.474. The van der Waals surface area contributed by atoms with E-state index in [1.165, 1.54) is 0 Å². The molecule has 4 atom stereocenters. The quantitative estimate of drug-likeness (QED) is 0.268. The summed E-state index contributed by atoms with van der Waals surface area (Å²) in [6.45, 7) is 7.27. The molecule has 2 fully saturated rings. The first-order valence-corrected chi connectivity index (χ1v) is 14.9. The number of hydrogen-bond acceptors (Lipinski definition) is 2. The Hall–Kier alpha value is -2.96. The molecule has 2 aliphatic carbocycles. The van der Waals surface area contributed by atoms with E-state index in [0.717, 1.165) is 40.4 Å². The highest BCUT2D eigenvalue weighted by molar-refractivity contribution is 7.79. The summed E-state index contributed by atoms with van der Waals surface area (Å²) in [6, 6.07) is 37.4. The molecule has 2 saturated carbocycles. The first-order chi connectivity index (χ1) is 17.4. The molecule has 36 heavy (non-hydrogen) atoms. The lowest BCUT2D eigenvalue weighted by Crippen LogP contribution is -2.37. The molecule has 1 heterocycles. The number of benzene rings is 3. The van der Waals surface area contributed by atoms with Gasteiger partial charge in [0, 0.05) is 33.4 Å². The van der Waals surface area contributed by atoms with Crippen LogP contribution in [0.1, 0.15) is 45.2 Å². The molecule has 2 nitrogen and oxygen atoms in total. The molecular formula is C33H34NOP. The zero-order chi connectivity index (χ0) is 25.0. The van der Waals surface area contributed by atoms with Gasteiger partial charge in [-0.2, -0.15) is 0 Å². The molecule has 3 heteroatoms. The predicted octanol–water partition coefficient (Wildman–Crippen LogP) is 7.67. The lowest BCUT2D eigenvalue weighted by Gasteiger charge is -2.42. The number of pyridine rings is 1. The van der Waals surface area contributed by atoms with Crippen molar-refractivity contribution in [3.05, 3.63) is 115 Å². The van der Waals surface area contributed by atoms with Crippen LogP contribution in [0, 0.1) is 16.7 Å².